The number of carbonyl (C=O) groups is 1. The molecule has 0 saturated carbocycles. The van der Waals surface area contributed by atoms with Gasteiger partial charge in [0.15, 0.2) is 0 Å². The number of nitrogens with zero attached hydrogens (tertiary/aromatic N) is 1. The van der Waals surface area contributed by atoms with Gasteiger partial charge in [-0.2, -0.15) is 0 Å². The number of rotatable bonds is 15. The summed E-state index contributed by atoms with van der Waals surface area (Å²) in [5, 5.41) is 21.1. The topological polar surface area (TPSA) is 80.4 Å². The fourth-order valence-electron chi connectivity index (χ4n) is 2.25. The first-order valence-corrected chi connectivity index (χ1v) is 8.68. The van der Waals surface area contributed by atoms with Gasteiger partial charge in [-0.3, -0.25) is 10.1 Å². The van der Waals surface area contributed by atoms with Crippen LogP contribution in [0.25, 0.3) is 0 Å². The van der Waals surface area contributed by atoms with Gasteiger partial charge in [0.1, 0.15) is 12.4 Å². The molecule has 0 aliphatic rings. The molecule has 2 unspecified atom stereocenters. The predicted molar refractivity (Wildman–Crippen MR) is 93.0 cm³/mol. The molecule has 5 heteroatoms. The van der Waals surface area contributed by atoms with Crippen molar-refractivity contribution in [1.29, 1.82) is 0 Å². The van der Waals surface area contributed by atoms with Crippen LogP contribution in [0.1, 0.15) is 71.1 Å². The van der Waals surface area contributed by atoms with Gasteiger partial charge in [0.05, 0.1) is 0 Å². The molecule has 0 spiro atoms. The van der Waals surface area contributed by atoms with Gasteiger partial charge in [0.25, 0.3) is 0 Å². The Morgan fingerprint density at radius 2 is 1.52 bits per heavy atom. The van der Waals surface area contributed by atoms with Gasteiger partial charge in [0, 0.05) is 17.8 Å². The van der Waals surface area contributed by atoms with E-state index in [1.807, 2.05) is 18.2 Å². The maximum absolute atomic E-state index is 11.1. The molecule has 0 radical (unpaired) electrons. The van der Waals surface area contributed by atoms with Crippen molar-refractivity contribution in [2.45, 2.75) is 83.3 Å². The summed E-state index contributed by atoms with van der Waals surface area (Å²) in [5.41, 5.74) is 0. The van der Waals surface area contributed by atoms with E-state index >= 15 is 0 Å². The van der Waals surface area contributed by atoms with Crippen LogP contribution >= 0.6 is 0 Å². The lowest BCUT2D eigenvalue weighted by atomic mass is 10.0. The van der Waals surface area contributed by atoms with E-state index in [-0.39, 0.29) is 11.3 Å². The number of allylic oxidation sites excluding steroid dienone is 2. The van der Waals surface area contributed by atoms with Gasteiger partial charge in [-0.25, -0.2) is 0 Å². The van der Waals surface area contributed by atoms with Crippen molar-refractivity contribution in [2.75, 3.05) is 0 Å². The highest BCUT2D eigenvalue weighted by molar-refractivity contribution is 5.48. The Morgan fingerprint density at radius 3 is 2.09 bits per heavy atom. The third-order valence-corrected chi connectivity index (χ3v) is 3.72. The lowest BCUT2D eigenvalue weighted by molar-refractivity contribution is -0.533. The largest absolute Gasteiger partial charge is 0.386 e. The molecule has 0 fully saturated rings. The standard InChI is InChI=1S/C18H31NO4/c1-2-3-4-5-8-11-14-17(19(22)23)18(21)15-12-9-6-7-10-13-16-20/h8-9,11-12,16-18,21H,2-7,10,13-15H2,1H3/b11-8-,12-9-. The minimum Gasteiger partial charge on any atom is -0.386 e. The monoisotopic (exact) mass is 325 g/mol. The summed E-state index contributed by atoms with van der Waals surface area (Å²) in [6.45, 7) is 2.14. The van der Waals surface area contributed by atoms with E-state index in [4.69, 9.17) is 0 Å². The van der Waals surface area contributed by atoms with Crippen LogP contribution in [-0.2, 0) is 4.79 Å². The summed E-state index contributed by atoms with van der Waals surface area (Å²) >= 11 is 0. The molecule has 0 bridgehead atoms. The molecule has 0 heterocycles. The zero-order valence-electron chi connectivity index (χ0n) is 14.2. The number of hydrogen-bond donors (Lipinski definition) is 1. The first-order valence-electron chi connectivity index (χ1n) is 8.68. The van der Waals surface area contributed by atoms with E-state index < -0.39 is 12.1 Å². The van der Waals surface area contributed by atoms with Crippen molar-refractivity contribution in [3.63, 3.8) is 0 Å². The van der Waals surface area contributed by atoms with Crippen LogP contribution in [0.3, 0.4) is 0 Å². The summed E-state index contributed by atoms with van der Waals surface area (Å²) in [5.74, 6) is 0. The number of aliphatic hydroxyl groups is 1. The van der Waals surface area contributed by atoms with Crippen molar-refractivity contribution in [3.05, 3.63) is 34.4 Å². The molecular formula is C18H31NO4. The van der Waals surface area contributed by atoms with Crippen molar-refractivity contribution in [3.8, 4) is 0 Å². The molecule has 2 atom stereocenters. The zero-order valence-corrected chi connectivity index (χ0v) is 14.2. The van der Waals surface area contributed by atoms with Crippen LogP contribution in [0.2, 0.25) is 0 Å². The SMILES string of the molecule is CCCCC/C=C\CC(C(O)C/C=C\CCCCC=O)[N+](=O)[O-]. The Bertz CT molecular complexity index is 366. The molecule has 0 amide bonds. The Kier molecular flexibility index (Phi) is 14.4. The normalized spacial score (nSPS) is 14.3. The summed E-state index contributed by atoms with van der Waals surface area (Å²) < 4.78 is 0. The Labute approximate surface area is 139 Å². The van der Waals surface area contributed by atoms with Crippen molar-refractivity contribution in [2.24, 2.45) is 0 Å². The highest BCUT2D eigenvalue weighted by atomic mass is 16.6. The van der Waals surface area contributed by atoms with E-state index in [9.17, 15) is 20.0 Å². The molecule has 132 valence electrons. The lowest BCUT2D eigenvalue weighted by Crippen LogP contribution is -2.32. The molecule has 0 aromatic carbocycles. The average molecular weight is 325 g/mol. The lowest BCUT2D eigenvalue weighted by Gasteiger charge is -2.12. The molecule has 0 aliphatic heterocycles. The summed E-state index contributed by atoms with van der Waals surface area (Å²) in [6.07, 6.45) is 15.6. The quantitative estimate of drug-likeness (QED) is 0.161. The molecule has 0 saturated heterocycles. The highest BCUT2D eigenvalue weighted by Gasteiger charge is 2.27. The first kappa shape index (κ1) is 21.5. The summed E-state index contributed by atoms with van der Waals surface area (Å²) in [4.78, 5) is 20.8. The van der Waals surface area contributed by atoms with Crippen LogP contribution in [0.5, 0.6) is 0 Å². The molecule has 0 aromatic heterocycles. The van der Waals surface area contributed by atoms with Crippen LogP contribution in [0, 0.1) is 10.1 Å². The predicted octanol–water partition coefficient (Wildman–Crippen LogP) is 4.22. The fourth-order valence-corrected chi connectivity index (χ4v) is 2.25. The fraction of sp³-hybridized carbons (Fsp3) is 0.722. The first-order chi connectivity index (χ1) is 11.1. The van der Waals surface area contributed by atoms with Crippen molar-refractivity contribution in [1.82, 2.24) is 0 Å². The minimum absolute atomic E-state index is 0.271. The van der Waals surface area contributed by atoms with Gasteiger partial charge < -0.3 is 9.90 Å². The van der Waals surface area contributed by atoms with Crippen LogP contribution < -0.4 is 0 Å². The Balaban J connectivity index is 4.04. The second-order valence-corrected chi connectivity index (χ2v) is 5.78. The van der Waals surface area contributed by atoms with Crippen molar-refractivity contribution >= 4 is 6.29 Å². The second-order valence-electron chi connectivity index (χ2n) is 5.78. The summed E-state index contributed by atoms with van der Waals surface area (Å²) in [6, 6.07) is -0.947. The number of unbranched alkanes of at least 4 members (excludes halogenated alkanes) is 6. The number of aliphatic hydroxyl groups excluding tert-OH is 1. The molecule has 0 rings (SSSR count). The smallest absolute Gasteiger partial charge is 0.242 e. The number of carbonyl (C=O) groups excluding carboxylic acids is 1. The molecular weight excluding hydrogens is 294 g/mol. The highest BCUT2D eigenvalue weighted by Crippen LogP contribution is 2.11. The number of aldehydes is 1. The van der Waals surface area contributed by atoms with Gasteiger partial charge >= 0.3 is 0 Å². The Hall–Kier alpha value is -1.49. The Morgan fingerprint density at radius 1 is 0.957 bits per heavy atom. The van der Waals surface area contributed by atoms with Gasteiger partial charge in [-0.15, -0.1) is 0 Å². The third-order valence-electron chi connectivity index (χ3n) is 3.72. The molecule has 0 aromatic rings. The van der Waals surface area contributed by atoms with Crippen LogP contribution in [-0.4, -0.2) is 28.5 Å². The summed E-state index contributed by atoms with van der Waals surface area (Å²) in [7, 11) is 0. The number of nitro groups is 1. The molecule has 1 N–H and O–H groups in total. The third kappa shape index (κ3) is 12.7. The minimum atomic E-state index is -0.962. The van der Waals surface area contributed by atoms with E-state index in [2.05, 4.69) is 6.92 Å². The molecule has 23 heavy (non-hydrogen) atoms. The van der Waals surface area contributed by atoms with Crippen LogP contribution in [0.15, 0.2) is 24.3 Å². The molecule has 0 aliphatic carbocycles. The van der Waals surface area contributed by atoms with E-state index in [1.54, 1.807) is 6.08 Å². The van der Waals surface area contributed by atoms with Gasteiger partial charge in [0.2, 0.25) is 6.04 Å². The maximum Gasteiger partial charge on any atom is 0.242 e. The maximum atomic E-state index is 11.1. The van der Waals surface area contributed by atoms with Gasteiger partial charge in [-0.1, -0.05) is 44.1 Å². The van der Waals surface area contributed by atoms with E-state index in [1.165, 1.54) is 6.42 Å². The number of hydrogen-bond acceptors (Lipinski definition) is 4. The van der Waals surface area contributed by atoms with E-state index in [0.717, 1.165) is 44.8 Å². The van der Waals surface area contributed by atoms with Crippen LogP contribution in [0.4, 0.5) is 0 Å². The average Bonchev–Trinajstić information content (AvgIpc) is 2.52. The van der Waals surface area contributed by atoms with Gasteiger partial charge in [-0.05, 0) is 38.5 Å². The second kappa shape index (κ2) is 15.4. The van der Waals surface area contributed by atoms with Crippen molar-refractivity contribution < 1.29 is 14.8 Å². The van der Waals surface area contributed by atoms with E-state index in [0.29, 0.717) is 12.8 Å². The molecule has 5 nitrogen and oxygen atoms in total. The zero-order chi connectivity index (χ0) is 17.3.